The molecule has 0 heterocycles. The molecule has 0 saturated carbocycles. The van der Waals surface area contributed by atoms with Gasteiger partial charge in [-0.3, -0.25) is 0 Å². The van der Waals surface area contributed by atoms with Crippen molar-refractivity contribution in [2.24, 2.45) is 0 Å². The predicted octanol–water partition coefficient (Wildman–Crippen LogP) is 4.64. The van der Waals surface area contributed by atoms with Crippen LogP contribution in [0.3, 0.4) is 0 Å². The summed E-state index contributed by atoms with van der Waals surface area (Å²) < 4.78 is 24.9. The Balaban J connectivity index is 0.00000294. The first kappa shape index (κ1) is 26.2. The van der Waals surface area contributed by atoms with Gasteiger partial charge in [0, 0.05) is 11.1 Å². The van der Waals surface area contributed by atoms with Crippen molar-refractivity contribution in [1.82, 2.24) is 0 Å². The van der Waals surface area contributed by atoms with Gasteiger partial charge in [0.05, 0.1) is 0 Å². The summed E-state index contributed by atoms with van der Waals surface area (Å²) in [7, 11) is -4.89. The number of hydrogen-bond acceptors (Lipinski definition) is 4. The molecule has 0 amide bonds. The Kier molecular flexibility index (Phi) is 7.19. The fourth-order valence-corrected chi connectivity index (χ4v) is 5.68. The first-order valence-electron chi connectivity index (χ1n) is 11.8. The molecule has 0 atom stereocenters. The third-order valence-corrected chi connectivity index (χ3v) is 7.44. The molecule has 4 aromatic carbocycles. The van der Waals surface area contributed by atoms with Gasteiger partial charge in [-0.05, 0) is 56.7 Å². The molecule has 0 aliphatic heterocycles. The molecular weight excluding hydrogens is 502 g/mol. The minimum Gasteiger partial charge on any atom is -0.736 e. The second kappa shape index (κ2) is 10.4. The summed E-state index contributed by atoms with van der Waals surface area (Å²) in [6.07, 6.45) is 3.43. The van der Waals surface area contributed by atoms with Crippen molar-refractivity contribution < 1.29 is 48.1 Å². The van der Waals surface area contributed by atoms with Crippen LogP contribution < -0.4 is 34.5 Å². The molecule has 0 fully saturated rings. The Morgan fingerprint density at radius 2 is 0.842 bits per heavy atom. The summed E-state index contributed by atoms with van der Waals surface area (Å²) in [5.74, 6) is 0.347. The molecule has 6 heteroatoms. The van der Waals surface area contributed by atoms with E-state index in [1.807, 2.05) is 97.1 Å². The van der Waals surface area contributed by atoms with Gasteiger partial charge in [-0.25, -0.2) is 4.57 Å². The Bertz CT molecular complexity index is 1590. The zero-order chi connectivity index (χ0) is 25.6. The molecule has 0 saturated heterocycles. The van der Waals surface area contributed by atoms with Crippen molar-refractivity contribution in [2.45, 2.75) is 0 Å². The number of rotatable bonds is 4. The molecule has 2 aliphatic carbocycles. The van der Waals surface area contributed by atoms with E-state index in [4.69, 9.17) is 9.05 Å². The van der Waals surface area contributed by atoms with Crippen molar-refractivity contribution >= 4 is 42.6 Å². The Morgan fingerprint density at radius 3 is 1.24 bits per heavy atom. The molecule has 38 heavy (non-hydrogen) atoms. The second-order valence-electron chi connectivity index (χ2n) is 8.87. The van der Waals surface area contributed by atoms with Gasteiger partial charge >= 0.3 is 37.4 Å². The molecule has 0 aromatic heterocycles. The van der Waals surface area contributed by atoms with Gasteiger partial charge < -0.3 is 13.9 Å². The van der Waals surface area contributed by atoms with E-state index in [1.165, 1.54) is 0 Å². The summed E-state index contributed by atoms with van der Waals surface area (Å²) in [6, 6.07) is 30.2. The molecule has 180 valence electrons. The second-order valence-corrected chi connectivity index (χ2v) is 10.1. The van der Waals surface area contributed by atoms with Crippen LogP contribution >= 0.6 is 7.82 Å². The van der Waals surface area contributed by atoms with E-state index in [1.54, 1.807) is 12.2 Å². The molecule has 0 unspecified atom stereocenters. The zero-order valence-corrected chi connectivity index (χ0v) is 23.8. The van der Waals surface area contributed by atoms with E-state index in [2.05, 4.69) is 13.2 Å². The molecule has 0 radical (unpaired) electrons. The molecular formula is C32H22NaO4P. The van der Waals surface area contributed by atoms with Crippen molar-refractivity contribution in [2.75, 3.05) is 0 Å². The smallest absolute Gasteiger partial charge is 0.736 e. The quantitative estimate of drug-likeness (QED) is 0.289. The SMILES string of the molecule is C=C1c2ccccc2C=C(OP(=O)([O-])OC2=Cc3ccccc3C(=C)c3ccccc32)c2ccccc21.[Na+]. The number of fused-ring (bicyclic) bond motifs is 4. The first-order valence-corrected chi connectivity index (χ1v) is 13.3. The Labute approximate surface area is 244 Å². The fraction of sp³-hybridized carbons (Fsp3) is 0. The van der Waals surface area contributed by atoms with E-state index < -0.39 is 7.82 Å². The van der Waals surface area contributed by atoms with Gasteiger partial charge in [0.1, 0.15) is 11.5 Å². The number of hydrogen-bond donors (Lipinski definition) is 0. The van der Waals surface area contributed by atoms with Crippen LogP contribution in [-0.2, 0) is 13.6 Å². The van der Waals surface area contributed by atoms with Gasteiger partial charge in [0.15, 0.2) is 0 Å². The van der Waals surface area contributed by atoms with E-state index >= 15 is 0 Å². The van der Waals surface area contributed by atoms with Crippen LogP contribution in [0, 0.1) is 0 Å². The van der Waals surface area contributed by atoms with Crippen LogP contribution in [0.15, 0.2) is 110 Å². The van der Waals surface area contributed by atoms with E-state index in [0.29, 0.717) is 11.1 Å². The van der Waals surface area contributed by atoms with Crippen LogP contribution in [0.2, 0.25) is 0 Å². The summed E-state index contributed by atoms with van der Waals surface area (Å²) in [5.41, 5.74) is 7.85. The van der Waals surface area contributed by atoms with Gasteiger partial charge in [0.2, 0.25) is 0 Å². The summed E-state index contributed by atoms with van der Waals surface area (Å²) in [6.45, 7) is 8.52. The minimum absolute atomic E-state index is 0. The third-order valence-electron chi connectivity index (χ3n) is 6.60. The maximum atomic E-state index is 13.5. The van der Waals surface area contributed by atoms with E-state index in [9.17, 15) is 9.46 Å². The van der Waals surface area contributed by atoms with Crippen LogP contribution in [-0.4, -0.2) is 0 Å². The van der Waals surface area contributed by atoms with Crippen molar-refractivity contribution in [3.05, 3.63) is 155 Å². The zero-order valence-electron chi connectivity index (χ0n) is 20.9. The summed E-state index contributed by atoms with van der Waals surface area (Å²) in [4.78, 5) is 13.5. The fourth-order valence-electron chi connectivity index (χ4n) is 4.86. The first-order chi connectivity index (χ1) is 17.9. The topological polar surface area (TPSA) is 58.6 Å². The van der Waals surface area contributed by atoms with Crippen LogP contribution in [0.1, 0.15) is 44.5 Å². The average Bonchev–Trinajstić information content (AvgIpc) is 3.10. The van der Waals surface area contributed by atoms with Crippen LogP contribution in [0.5, 0.6) is 0 Å². The monoisotopic (exact) mass is 524 g/mol. The van der Waals surface area contributed by atoms with Gasteiger partial charge in [0.25, 0.3) is 0 Å². The van der Waals surface area contributed by atoms with Crippen molar-refractivity contribution in [1.29, 1.82) is 0 Å². The van der Waals surface area contributed by atoms with Crippen LogP contribution in [0.4, 0.5) is 0 Å². The van der Waals surface area contributed by atoms with Crippen molar-refractivity contribution in [3.63, 3.8) is 0 Å². The molecule has 0 spiro atoms. The average molecular weight is 524 g/mol. The summed E-state index contributed by atoms with van der Waals surface area (Å²) >= 11 is 0. The molecule has 0 N–H and O–H groups in total. The maximum Gasteiger partial charge on any atom is 1.00 e. The maximum absolute atomic E-state index is 13.5. The molecule has 4 nitrogen and oxygen atoms in total. The number of phosphoric ester groups is 1. The van der Waals surface area contributed by atoms with Gasteiger partial charge in [-0.1, -0.05) is 110 Å². The number of phosphoric acid groups is 1. The third kappa shape index (κ3) is 4.78. The standard InChI is InChI=1S/C32H23O4P.Na/c1-21-25-13-5-3-11-23(25)19-31(29-17-9-7-15-27(21)29)35-37(33,34)36-32-20-24-12-4-6-14-26(24)22(2)28-16-8-10-18-30(28)32;/h3-20H,1-2H2,(H,33,34);/q;+1/p-1. The van der Waals surface area contributed by atoms with Gasteiger partial charge in [-0.15, -0.1) is 0 Å². The molecule has 2 aliphatic rings. The Morgan fingerprint density at radius 1 is 0.526 bits per heavy atom. The van der Waals surface area contributed by atoms with E-state index in [-0.39, 0.29) is 41.1 Å². The van der Waals surface area contributed by atoms with Crippen molar-refractivity contribution in [3.8, 4) is 0 Å². The molecule has 4 aromatic rings. The van der Waals surface area contributed by atoms with Gasteiger partial charge in [-0.2, -0.15) is 0 Å². The normalized spacial score (nSPS) is 13.7. The van der Waals surface area contributed by atoms with Crippen LogP contribution in [0.25, 0.3) is 34.8 Å². The predicted molar refractivity (Wildman–Crippen MR) is 148 cm³/mol. The summed E-state index contributed by atoms with van der Waals surface area (Å²) in [5, 5.41) is 0. The van der Waals surface area contributed by atoms with E-state index in [0.717, 1.165) is 44.5 Å². The number of benzene rings is 4. The molecule has 0 bridgehead atoms. The Hall–Kier alpha value is -3.37. The molecule has 6 rings (SSSR count). The largest absolute Gasteiger partial charge is 1.00 e. The minimum atomic E-state index is -4.89.